The van der Waals surface area contributed by atoms with Crippen LogP contribution in [0.3, 0.4) is 0 Å². The van der Waals surface area contributed by atoms with Crippen molar-refractivity contribution in [2.24, 2.45) is 10.9 Å². The van der Waals surface area contributed by atoms with E-state index < -0.39 is 0 Å². The van der Waals surface area contributed by atoms with E-state index in [9.17, 15) is 0 Å². The van der Waals surface area contributed by atoms with Crippen LogP contribution in [0.5, 0.6) is 0 Å². The van der Waals surface area contributed by atoms with E-state index in [2.05, 4.69) is 36.6 Å². The molecule has 2 aliphatic carbocycles. The summed E-state index contributed by atoms with van der Waals surface area (Å²) in [6, 6.07) is 1.25. The number of nitrogens with one attached hydrogen (secondary N) is 2. The Morgan fingerprint density at radius 1 is 1.20 bits per heavy atom. The van der Waals surface area contributed by atoms with Gasteiger partial charge in [0.25, 0.3) is 0 Å². The number of likely N-dealkylation sites (N-methyl/N-ethyl adjacent to an activating group) is 1. The van der Waals surface area contributed by atoms with E-state index in [1.807, 2.05) is 0 Å². The topological polar surface area (TPSA) is 39.7 Å². The van der Waals surface area contributed by atoms with Crippen LogP contribution >= 0.6 is 24.0 Å². The minimum absolute atomic E-state index is 0. The molecular formula is C15H31IN4. The van der Waals surface area contributed by atoms with E-state index in [4.69, 9.17) is 4.99 Å². The lowest BCUT2D eigenvalue weighted by atomic mass is 10.2. The zero-order valence-corrected chi connectivity index (χ0v) is 15.5. The Morgan fingerprint density at radius 2 is 1.85 bits per heavy atom. The van der Waals surface area contributed by atoms with Crippen molar-refractivity contribution in [2.45, 2.75) is 57.5 Å². The maximum atomic E-state index is 4.81. The Labute approximate surface area is 141 Å². The zero-order valence-electron chi connectivity index (χ0n) is 13.2. The first-order valence-electron chi connectivity index (χ1n) is 7.92. The van der Waals surface area contributed by atoms with Crippen molar-refractivity contribution >= 4 is 29.9 Å². The zero-order chi connectivity index (χ0) is 13.7. The summed E-state index contributed by atoms with van der Waals surface area (Å²) in [7, 11) is 4.35. The lowest BCUT2D eigenvalue weighted by Crippen LogP contribution is -2.43. The third-order valence-corrected chi connectivity index (χ3v) is 4.31. The molecule has 20 heavy (non-hydrogen) atoms. The number of rotatable bonds is 6. The lowest BCUT2D eigenvalue weighted by molar-refractivity contribution is 0.271. The predicted molar refractivity (Wildman–Crippen MR) is 97.0 cm³/mol. The average Bonchev–Trinajstić information content (AvgIpc) is 3.06. The highest BCUT2D eigenvalue weighted by atomic mass is 127. The molecule has 0 aliphatic heterocycles. The minimum atomic E-state index is 0. The van der Waals surface area contributed by atoms with Gasteiger partial charge in [0, 0.05) is 18.6 Å². The van der Waals surface area contributed by atoms with Gasteiger partial charge in [-0.2, -0.15) is 0 Å². The lowest BCUT2D eigenvalue weighted by Gasteiger charge is -2.23. The van der Waals surface area contributed by atoms with E-state index in [1.54, 1.807) is 0 Å². The number of aliphatic imine (C=N–C) groups is 1. The average molecular weight is 394 g/mol. The van der Waals surface area contributed by atoms with Gasteiger partial charge in [-0.1, -0.05) is 12.8 Å². The SMILES string of the molecule is CCNC(=NCC(C1CC1)N(C)C)NC1CCCC1.I. The van der Waals surface area contributed by atoms with Gasteiger partial charge in [-0.3, -0.25) is 4.99 Å². The molecule has 0 spiro atoms. The Kier molecular flexibility index (Phi) is 8.17. The summed E-state index contributed by atoms with van der Waals surface area (Å²) in [6.45, 7) is 3.99. The second-order valence-corrected chi connectivity index (χ2v) is 6.21. The number of hydrogen-bond acceptors (Lipinski definition) is 2. The van der Waals surface area contributed by atoms with Crippen molar-refractivity contribution in [2.75, 3.05) is 27.2 Å². The number of nitrogens with zero attached hydrogens (tertiary/aromatic N) is 2. The van der Waals surface area contributed by atoms with E-state index in [-0.39, 0.29) is 24.0 Å². The first kappa shape index (κ1) is 18.0. The minimum Gasteiger partial charge on any atom is -0.357 e. The van der Waals surface area contributed by atoms with E-state index in [0.717, 1.165) is 25.0 Å². The highest BCUT2D eigenvalue weighted by molar-refractivity contribution is 14.0. The van der Waals surface area contributed by atoms with Gasteiger partial charge in [-0.25, -0.2) is 0 Å². The van der Waals surface area contributed by atoms with Gasteiger partial charge >= 0.3 is 0 Å². The maximum absolute atomic E-state index is 4.81. The van der Waals surface area contributed by atoms with Crippen LogP contribution in [0, 0.1) is 5.92 Å². The molecule has 0 bridgehead atoms. The van der Waals surface area contributed by atoms with Crippen LogP contribution < -0.4 is 10.6 Å². The molecule has 0 aromatic rings. The van der Waals surface area contributed by atoms with Crippen molar-refractivity contribution in [1.82, 2.24) is 15.5 Å². The summed E-state index contributed by atoms with van der Waals surface area (Å²) in [4.78, 5) is 7.15. The van der Waals surface area contributed by atoms with Crippen LogP contribution in [-0.2, 0) is 0 Å². The molecule has 2 saturated carbocycles. The first-order chi connectivity index (χ1) is 9.20. The Bertz CT molecular complexity index is 294. The van der Waals surface area contributed by atoms with Crippen molar-refractivity contribution in [3.8, 4) is 0 Å². The maximum Gasteiger partial charge on any atom is 0.191 e. The highest BCUT2D eigenvalue weighted by Crippen LogP contribution is 2.34. The molecule has 2 rings (SSSR count). The standard InChI is InChI=1S/C15H30N4.HI/c1-4-16-15(18-13-7-5-6-8-13)17-11-14(19(2)3)12-9-10-12;/h12-14H,4-11H2,1-3H3,(H2,16,17,18);1H. The molecule has 2 N–H and O–H groups in total. The van der Waals surface area contributed by atoms with Gasteiger partial charge in [-0.05, 0) is 52.6 Å². The predicted octanol–water partition coefficient (Wildman–Crippen LogP) is 2.44. The van der Waals surface area contributed by atoms with E-state index >= 15 is 0 Å². The molecule has 118 valence electrons. The van der Waals surface area contributed by atoms with Gasteiger partial charge in [0.2, 0.25) is 0 Å². The molecule has 0 aromatic carbocycles. The molecule has 0 amide bonds. The highest BCUT2D eigenvalue weighted by Gasteiger charge is 2.32. The van der Waals surface area contributed by atoms with Crippen molar-refractivity contribution < 1.29 is 0 Å². The summed E-state index contributed by atoms with van der Waals surface area (Å²) >= 11 is 0. The van der Waals surface area contributed by atoms with Gasteiger partial charge in [0.05, 0.1) is 6.54 Å². The van der Waals surface area contributed by atoms with Gasteiger partial charge in [0.1, 0.15) is 0 Å². The number of guanidine groups is 1. The summed E-state index contributed by atoms with van der Waals surface area (Å²) in [5.41, 5.74) is 0. The quantitative estimate of drug-likeness (QED) is 0.413. The second kappa shape index (κ2) is 9.07. The summed E-state index contributed by atoms with van der Waals surface area (Å²) in [5.74, 6) is 1.88. The summed E-state index contributed by atoms with van der Waals surface area (Å²) in [6.07, 6.45) is 8.07. The third kappa shape index (κ3) is 5.76. The van der Waals surface area contributed by atoms with Crippen LogP contribution in [0.15, 0.2) is 4.99 Å². The first-order valence-corrected chi connectivity index (χ1v) is 7.92. The smallest absolute Gasteiger partial charge is 0.191 e. The fourth-order valence-corrected chi connectivity index (χ4v) is 2.98. The number of halogens is 1. The number of hydrogen-bond donors (Lipinski definition) is 2. The summed E-state index contributed by atoms with van der Waals surface area (Å²) in [5, 5.41) is 6.97. The largest absolute Gasteiger partial charge is 0.357 e. The fourth-order valence-electron chi connectivity index (χ4n) is 2.98. The van der Waals surface area contributed by atoms with Crippen LogP contribution in [0.1, 0.15) is 45.4 Å². The van der Waals surface area contributed by atoms with Crippen LogP contribution in [0.4, 0.5) is 0 Å². The Hall–Kier alpha value is -0.0400. The van der Waals surface area contributed by atoms with E-state index in [0.29, 0.717) is 12.1 Å². The van der Waals surface area contributed by atoms with Gasteiger partial charge in [-0.15, -0.1) is 24.0 Å². The van der Waals surface area contributed by atoms with Gasteiger partial charge in [0.15, 0.2) is 5.96 Å². The Morgan fingerprint density at radius 3 is 2.35 bits per heavy atom. The normalized spacial score (nSPS) is 21.7. The van der Waals surface area contributed by atoms with Crippen molar-refractivity contribution in [3.05, 3.63) is 0 Å². The summed E-state index contributed by atoms with van der Waals surface area (Å²) < 4.78 is 0. The van der Waals surface area contributed by atoms with Crippen molar-refractivity contribution in [3.63, 3.8) is 0 Å². The monoisotopic (exact) mass is 394 g/mol. The fraction of sp³-hybridized carbons (Fsp3) is 0.933. The molecule has 1 unspecified atom stereocenters. The molecule has 5 heteroatoms. The van der Waals surface area contributed by atoms with Gasteiger partial charge < -0.3 is 15.5 Å². The van der Waals surface area contributed by atoms with Crippen LogP contribution in [-0.4, -0.2) is 50.1 Å². The molecular weight excluding hydrogens is 363 g/mol. The van der Waals surface area contributed by atoms with E-state index in [1.165, 1.54) is 38.5 Å². The molecule has 0 saturated heterocycles. The third-order valence-electron chi connectivity index (χ3n) is 4.31. The molecule has 2 fully saturated rings. The molecule has 0 radical (unpaired) electrons. The van der Waals surface area contributed by atoms with Crippen LogP contribution in [0.25, 0.3) is 0 Å². The molecule has 0 aromatic heterocycles. The van der Waals surface area contributed by atoms with Crippen LogP contribution in [0.2, 0.25) is 0 Å². The Balaban J connectivity index is 0.00000200. The second-order valence-electron chi connectivity index (χ2n) is 6.21. The molecule has 0 heterocycles. The molecule has 4 nitrogen and oxygen atoms in total. The van der Waals surface area contributed by atoms with Crippen molar-refractivity contribution in [1.29, 1.82) is 0 Å². The molecule has 2 aliphatic rings. The molecule has 1 atom stereocenters.